The van der Waals surface area contributed by atoms with Gasteiger partial charge in [0.15, 0.2) is 5.76 Å². The number of nitrogens with zero attached hydrogens (tertiary/aromatic N) is 4. The van der Waals surface area contributed by atoms with E-state index in [2.05, 4.69) is 20.0 Å². The fourth-order valence-corrected chi connectivity index (χ4v) is 3.83. The molecule has 0 aliphatic carbocycles. The van der Waals surface area contributed by atoms with Crippen LogP contribution in [0, 0.1) is 13.8 Å². The Labute approximate surface area is 139 Å². The van der Waals surface area contributed by atoms with E-state index in [1.54, 1.807) is 37.1 Å². The van der Waals surface area contributed by atoms with Crippen molar-refractivity contribution in [1.82, 2.24) is 24.6 Å². The maximum Gasteiger partial charge on any atom is 0.246 e. The van der Waals surface area contributed by atoms with E-state index < -0.39 is 10.0 Å². The maximum atomic E-state index is 12.4. The summed E-state index contributed by atoms with van der Waals surface area (Å²) in [4.78, 5) is 4.26. The molecule has 0 bridgehead atoms. The number of hydrogen-bond donors (Lipinski definition) is 1. The summed E-state index contributed by atoms with van der Waals surface area (Å²) in [7, 11) is -1.87. The minimum atomic E-state index is -3.70. The fourth-order valence-electron chi connectivity index (χ4n) is 2.49. The van der Waals surface area contributed by atoms with Crippen LogP contribution in [0.15, 0.2) is 40.1 Å². The van der Waals surface area contributed by atoms with Crippen LogP contribution in [0.2, 0.25) is 0 Å². The predicted molar refractivity (Wildman–Crippen MR) is 86.4 cm³/mol. The van der Waals surface area contributed by atoms with Gasteiger partial charge in [-0.25, -0.2) is 13.1 Å². The highest BCUT2D eigenvalue weighted by Crippen LogP contribution is 2.20. The second-order valence-corrected chi connectivity index (χ2v) is 7.10. The summed E-state index contributed by atoms with van der Waals surface area (Å²) >= 11 is 0. The lowest BCUT2D eigenvalue weighted by atomic mass is 10.1. The molecule has 0 saturated heterocycles. The van der Waals surface area contributed by atoms with Gasteiger partial charge >= 0.3 is 0 Å². The Kier molecular flexibility index (Phi) is 4.20. The second-order valence-electron chi connectivity index (χ2n) is 5.40. The Balaban J connectivity index is 1.82. The molecule has 0 saturated carbocycles. The molecular weight excluding hydrogens is 330 g/mol. The molecule has 0 aromatic carbocycles. The highest BCUT2D eigenvalue weighted by atomic mass is 32.2. The van der Waals surface area contributed by atoms with Gasteiger partial charge in [-0.15, -0.1) is 0 Å². The molecule has 24 heavy (non-hydrogen) atoms. The molecule has 3 aromatic heterocycles. The van der Waals surface area contributed by atoms with Crippen molar-refractivity contribution in [3.63, 3.8) is 0 Å². The zero-order valence-corrected chi connectivity index (χ0v) is 14.3. The number of rotatable bonds is 5. The quantitative estimate of drug-likeness (QED) is 0.751. The summed E-state index contributed by atoms with van der Waals surface area (Å²) in [6.45, 7) is 3.28. The van der Waals surface area contributed by atoms with E-state index in [0.717, 1.165) is 16.8 Å². The van der Waals surface area contributed by atoms with Crippen molar-refractivity contribution in [2.75, 3.05) is 0 Å². The van der Waals surface area contributed by atoms with Gasteiger partial charge in [-0.2, -0.15) is 5.10 Å². The fraction of sp³-hybridized carbons (Fsp3) is 0.267. The van der Waals surface area contributed by atoms with Crippen LogP contribution in [0.5, 0.6) is 0 Å². The van der Waals surface area contributed by atoms with Gasteiger partial charge in [0.25, 0.3) is 0 Å². The van der Waals surface area contributed by atoms with Crippen LogP contribution in [0.3, 0.4) is 0 Å². The van der Waals surface area contributed by atoms with Gasteiger partial charge in [0.1, 0.15) is 10.6 Å². The lowest BCUT2D eigenvalue weighted by Crippen LogP contribution is -2.24. The Morgan fingerprint density at radius 3 is 2.71 bits per heavy atom. The standard InChI is InChI=1S/C15H17N5O3S/c1-10-15(11(2)23-19-10)24(21,22)18-8-12-6-13(9-16-7-12)14-4-5-17-20(14)3/h4-7,9,18H,8H2,1-3H3. The van der Waals surface area contributed by atoms with E-state index >= 15 is 0 Å². The molecule has 3 aromatic rings. The molecule has 9 heteroatoms. The summed E-state index contributed by atoms with van der Waals surface area (Å²) in [6, 6.07) is 3.74. The lowest BCUT2D eigenvalue weighted by molar-refractivity contribution is 0.390. The molecule has 8 nitrogen and oxygen atoms in total. The van der Waals surface area contributed by atoms with Crippen LogP contribution < -0.4 is 4.72 Å². The molecule has 0 unspecified atom stereocenters. The molecule has 0 atom stereocenters. The van der Waals surface area contributed by atoms with E-state index in [1.807, 2.05) is 19.2 Å². The van der Waals surface area contributed by atoms with Crippen LogP contribution in [0.1, 0.15) is 17.0 Å². The average molecular weight is 347 g/mol. The van der Waals surface area contributed by atoms with Gasteiger partial charge in [0, 0.05) is 37.7 Å². The Morgan fingerprint density at radius 2 is 2.08 bits per heavy atom. The maximum absolute atomic E-state index is 12.4. The largest absolute Gasteiger partial charge is 0.360 e. The van der Waals surface area contributed by atoms with Crippen LogP contribution in [-0.2, 0) is 23.6 Å². The van der Waals surface area contributed by atoms with Crippen molar-refractivity contribution in [1.29, 1.82) is 0 Å². The molecule has 3 rings (SSSR count). The van der Waals surface area contributed by atoms with Crippen LogP contribution >= 0.6 is 0 Å². The van der Waals surface area contributed by atoms with Crippen LogP contribution in [-0.4, -0.2) is 28.3 Å². The van der Waals surface area contributed by atoms with E-state index in [-0.39, 0.29) is 17.2 Å². The van der Waals surface area contributed by atoms with Crippen molar-refractivity contribution in [2.45, 2.75) is 25.3 Å². The van der Waals surface area contributed by atoms with Gasteiger partial charge in [-0.1, -0.05) is 5.16 Å². The molecule has 0 radical (unpaired) electrons. The third kappa shape index (κ3) is 3.08. The Hall–Kier alpha value is -2.52. The van der Waals surface area contributed by atoms with Crippen molar-refractivity contribution in [3.8, 4) is 11.3 Å². The first-order valence-corrected chi connectivity index (χ1v) is 8.71. The van der Waals surface area contributed by atoms with Crippen LogP contribution in [0.25, 0.3) is 11.3 Å². The predicted octanol–water partition coefficient (Wildman–Crippen LogP) is 1.57. The van der Waals surface area contributed by atoms with Gasteiger partial charge in [-0.3, -0.25) is 9.67 Å². The minimum Gasteiger partial charge on any atom is -0.360 e. The zero-order chi connectivity index (χ0) is 17.3. The number of aryl methyl sites for hydroxylation is 3. The van der Waals surface area contributed by atoms with Gasteiger partial charge in [0.05, 0.1) is 5.69 Å². The molecular formula is C15H17N5O3S. The summed E-state index contributed by atoms with van der Waals surface area (Å²) in [5, 5.41) is 7.80. The summed E-state index contributed by atoms with van der Waals surface area (Å²) in [5.74, 6) is 0.266. The molecule has 0 fully saturated rings. The molecule has 0 aliphatic heterocycles. The average Bonchev–Trinajstić information content (AvgIpc) is 3.11. The van der Waals surface area contributed by atoms with Gasteiger partial charge in [-0.05, 0) is 31.5 Å². The first-order valence-electron chi connectivity index (χ1n) is 7.23. The number of hydrogen-bond acceptors (Lipinski definition) is 6. The molecule has 0 aliphatic rings. The summed E-state index contributed by atoms with van der Waals surface area (Å²) in [6.07, 6.45) is 5.03. The minimum absolute atomic E-state index is 0.0817. The topological polar surface area (TPSA) is 103 Å². The first-order chi connectivity index (χ1) is 11.4. The first kappa shape index (κ1) is 16.3. The third-order valence-corrected chi connectivity index (χ3v) is 5.26. The molecule has 1 N–H and O–H groups in total. The van der Waals surface area contributed by atoms with E-state index in [1.165, 1.54) is 0 Å². The monoisotopic (exact) mass is 347 g/mol. The highest BCUT2D eigenvalue weighted by molar-refractivity contribution is 7.89. The van der Waals surface area contributed by atoms with Crippen molar-refractivity contribution >= 4 is 10.0 Å². The summed E-state index contributed by atoms with van der Waals surface area (Å²) < 4.78 is 34.1. The molecule has 3 heterocycles. The van der Waals surface area contributed by atoms with E-state index in [4.69, 9.17) is 4.52 Å². The zero-order valence-electron chi connectivity index (χ0n) is 13.5. The normalized spacial score (nSPS) is 11.8. The molecule has 0 spiro atoms. The summed E-state index contributed by atoms with van der Waals surface area (Å²) in [5.41, 5.74) is 2.84. The molecule has 0 amide bonds. The Morgan fingerprint density at radius 1 is 1.29 bits per heavy atom. The lowest BCUT2D eigenvalue weighted by Gasteiger charge is -2.08. The second kappa shape index (κ2) is 6.17. The van der Waals surface area contributed by atoms with Crippen molar-refractivity contribution in [2.24, 2.45) is 7.05 Å². The Bertz CT molecular complexity index is 955. The van der Waals surface area contributed by atoms with E-state index in [9.17, 15) is 8.42 Å². The highest BCUT2D eigenvalue weighted by Gasteiger charge is 2.23. The SMILES string of the molecule is Cc1noc(C)c1S(=O)(=O)NCc1cncc(-c2ccnn2C)c1. The number of sulfonamides is 1. The van der Waals surface area contributed by atoms with E-state index in [0.29, 0.717) is 5.69 Å². The number of aromatic nitrogens is 4. The van der Waals surface area contributed by atoms with Crippen LogP contribution in [0.4, 0.5) is 0 Å². The van der Waals surface area contributed by atoms with Gasteiger partial charge < -0.3 is 4.52 Å². The third-order valence-electron chi connectivity index (χ3n) is 3.61. The van der Waals surface area contributed by atoms with Crippen molar-refractivity contribution < 1.29 is 12.9 Å². The number of pyridine rings is 1. The van der Waals surface area contributed by atoms with Gasteiger partial charge in [0.2, 0.25) is 10.0 Å². The molecule has 126 valence electrons. The smallest absolute Gasteiger partial charge is 0.246 e. The van der Waals surface area contributed by atoms with Crippen molar-refractivity contribution in [3.05, 3.63) is 47.7 Å². The number of nitrogens with one attached hydrogen (secondary N) is 1.